The summed E-state index contributed by atoms with van der Waals surface area (Å²) in [6.07, 6.45) is 5.66. The third-order valence-electron chi connectivity index (χ3n) is 4.51. The number of methoxy groups -OCH3 is 1. The highest BCUT2D eigenvalue weighted by molar-refractivity contribution is 5.41. The summed E-state index contributed by atoms with van der Waals surface area (Å²) in [5.74, 6) is 0.873. The Balaban J connectivity index is 0.000000593. The molecule has 0 bridgehead atoms. The van der Waals surface area contributed by atoms with Gasteiger partial charge >= 0.3 is 0 Å². The van der Waals surface area contributed by atoms with E-state index in [4.69, 9.17) is 9.47 Å². The number of phenols is 1. The topological polar surface area (TPSA) is 38.7 Å². The van der Waals surface area contributed by atoms with Gasteiger partial charge in [0.2, 0.25) is 0 Å². The molecular weight excluding hydrogens is 288 g/mol. The number of fused-ring (bicyclic) bond motifs is 1. The van der Waals surface area contributed by atoms with Gasteiger partial charge in [-0.1, -0.05) is 52.7 Å². The molecule has 0 radical (unpaired) electrons. The first kappa shape index (κ1) is 20.0. The molecule has 0 heterocycles. The van der Waals surface area contributed by atoms with Crippen LogP contribution in [0.2, 0.25) is 0 Å². The van der Waals surface area contributed by atoms with Crippen molar-refractivity contribution in [3.8, 4) is 5.75 Å². The first-order chi connectivity index (χ1) is 11.1. The predicted molar refractivity (Wildman–Crippen MR) is 96.1 cm³/mol. The van der Waals surface area contributed by atoms with E-state index in [0.717, 1.165) is 24.8 Å². The van der Waals surface area contributed by atoms with E-state index in [9.17, 15) is 5.11 Å². The van der Waals surface area contributed by atoms with Crippen molar-refractivity contribution in [2.45, 2.75) is 72.0 Å². The molecule has 0 spiro atoms. The largest absolute Gasteiger partial charge is 0.508 e. The molecule has 0 saturated heterocycles. The lowest BCUT2D eigenvalue weighted by molar-refractivity contribution is -0.0719. The molecule has 1 aromatic carbocycles. The minimum absolute atomic E-state index is 0.143. The van der Waals surface area contributed by atoms with Crippen molar-refractivity contribution >= 4 is 0 Å². The van der Waals surface area contributed by atoms with E-state index < -0.39 is 0 Å². The Labute approximate surface area is 142 Å². The standard InChI is InChI=1S/C16H24O3.C4H10/c1-4-13(10-18-3)19-16-9-14-12(8-11(16)2)6-5-7-15(14)17;1-3-4-2/h5-7,11,13,16-17H,4,8-10H2,1-3H3;3-4H2,1-2H3/t11?,13-,16-;/m1./s1. The zero-order valence-corrected chi connectivity index (χ0v) is 15.5. The van der Waals surface area contributed by atoms with Crippen molar-refractivity contribution in [3.63, 3.8) is 0 Å². The molecular formula is C20H34O3. The minimum Gasteiger partial charge on any atom is -0.508 e. The van der Waals surface area contributed by atoms with E-state index >= 15 is 0 Å². The van der Waals surface area contributed by atoms with Crippen molar-refractivity contribution in [1.29, 1.82) is 0 Å². The van der Waals surface area contributed by atoms with Gasteiger partial charge in [0.15, 0.2) is 0 Å². The highest BCUT2D eigenvalue weighted by Crippen LogP contribution is 2.33. The van der Waals surface area contributed by atoms with Gasteiger partial charge in [-0.3, -0.25) is 0 Å². The van der Waals surface area contributed by atoms with Gasteiger partial charge in [0.25, 0.3) is 0 Å². The van der Waals surface area contributed by atoms with Gasteiger partial charge < -0.3 is 14.6 Å². The quantitative estimate of drug-likeness (QED) is 0.822. The van der Waals surface area contributed by atoms with Gasteiger partial charge in [0.05, 0.1) is 18.8 Å². The molecule has 0 aromatic heterocycles. The van der Waals surface area contributed by atoms with Crippen molar-refractivity contribution in [1.82, 2.24) is 0 Å². The molecule has 1 N–H and O–H groups in total. The number of benzene rings is 1. The number of phenolic OH excluding ortho intramolecular Hbond substituents is 1. The summed E-state index contributed by atoms with van der Waals surface area (Å²) in [7, 11) is 1.71. The Kier molecular flexibility index (Phi) is 9.27. The lowest BCUT2D eigenvalue weighted by atomic mass is 9.82. The van der Waals surface area contributed by atoms with E-state index in [2.05, 4.69) is 33.8 Å². The minimum atomic E-state index is 0.143. The van der Waals surface area contributed by atoms with Gasteiger partial charge in [-0.05, 0) is 36.0 Å². The molecule has 3 nitrogen and oxygen atoms in total. The zero-order valence-electron chi connectivity index (χ0n) is 15.5. The molecule has 0 saturated carbocycles. The number of aromatic hydroxyl groups is 1. The van der Waals surface area contributed by atoms with Crippen molar-refractivity contribution in [2.24, 2.45) is 5.92 Å². The maximum Gasteiger partial charge on any atom is 0.119 e. The molecule has 3 atom stereocenters. The van der Waals surface area contributed by atoms with Crippen LogP contribution in [-0.4, -0.2) is 31.0 Å². The van der Waals surface area contributed by atoms with Crippen LogP contribution in [0, 0.1) is 5.92 Å². The normalized spacial score (nSPS) is 21.1. The summed E-state index contributed by atoms with van der Waals surface area (Å²) in [5, 5.41) is 9.97. The van der Waals surface area contributed by atoms with Crippen LogP contribution >= 0.6 is 0 Å². The Hall–Kier alpha value is -1.06. The molecule has 1 aliphatic rings. The van der Waals surface area contributed by atoms with Crippen LogP contribution in [0.5, 0.6) is 5.75 Å². The van der Waals surface area contributed by atoms with E-state index in [1.165, 1.54) is 18.4 Å². The van der Waals surface area contributed by atoms with Crippen LogP contribution in [0.3, 0.4) is 0 Å². The smallest absolute Gasteiger partial charge is 0.119 e. The molecule has 1 aliphatic carbocycles. The summed E-state index contributed by atoms with van der Waals surface area (Å²) in [6.45, 7) is 9.33. The summed E-state index contributed by atoms with van der Waals surface area (Å²) in [5.41, 5.74) is 2.31. The number of ether oxygens (including phenoxy) is 2. The molecule has 132 valence electrons. The van der Waals surface area contributed by atoms with Crippen LogP contribution in [0.1, 0.15) is 58.1 Å². The highest BCUT2D eigenvalue weighted by atomic mass is 16.5. The molecule has 1 aromatic rings. The summed E-state index contributed by atoms with van der Waals surface area (Å²) in [4.78, 5) is 0. The van der Waals surface area contributed by atoms with E-state index in [-0.39, 0.29) is 12.2 Å². The van der Waals surface area contributed by atoms with Gasteiger partial charge in [-0.2, -0.15) is 0 Å². The monoisotopic (exact) mass is 322 g/mol. The molecule has 1 unspecified atom stereocenters. The molecule has 0 aliphatic heterocycles. The van der Waals surface area contributed by atoms with Gasteiger partial charge in [0, 0.05) is 13.5 Å². The van der Waals surface area contributed by atoms with E-state index in [1.54, 1.807) is 13.2 Å². The van der Waals surface area contributed by atoms with Crippen molar-refractivity contribution in [3.05, 3.63) is 29.3 Å². The Morgan fingerprint density at radius 2 is 1.87 bits per heavy atom. The number of rotatable bonds is 6. The predicted octanol–water partition coefficient (Wildman–Crippen LogP) is 4.74. The second-order valence-corrected chi connectivity index (χ2v) is 6.46. The summed E-state index contributed by atoms with van der Waals surface area (Å²) < 4.78 is 11.4. The SMILES string of the molecule is CCCC.CC[C@H](COC)O[C@@H]1Cc2c(O)cccc2CC1C. The van der Waals surface area contributed by atoms with Crippen LogP contribution in [0.25, 0.3) is 0 Å². The average Bonchev–Trinajstić information content (AvgIpc) is 2.56. The first-order valence-corrected chi connectivity index (χ1v) is 9.01. The van der Waals surface area contributed by atoms with Gasteiger partial charge in [-0.25, -0.2) is 0 Å². The third-order valence-corrected chi connectivity index (χ3v) is 4.51. The fourth-order valence-corrected chi connectivity index (χ4v) is 2.80. The van der Waals surface area contributed by atoms with Crippen LogP contribution < -0.4 is 0 Å². The second-order valence-electron chi connectivity index (χ2n) is 6.46. The zero-order chi connectivity index (χ0) is 17.2. The second kappa shape index (κ2) is 10.7. The lowest BCUT2D eigenvalue weighted by Gasteiger charge is -2.33. The van der Waals surface area contributed by atoms with Crippen molar-refractivity contribution in [2.75, 3.05) is 13.7 Å². The van der Waals surface area contributed by atoms with E-state index in [0.29, 0.717) is 18.3 Å². The van der Waals surface area contributed by atoms with Crippen molar-refractivity contribution < 1.29 is 14.6 Å². The van der Waals surface area contributed by atoms with Crippen LogP contribution in [0.4, 0.5) is 0 Å². The Morgan fingerprint density at radius 3 is 2.43 bits per heavy atom. The Morgan fingerprint density at radius 1 is 1.17 bits per heavy atom. The summed E-state index contributed by atoms with van der Waals surface area (Å²) in [6, 6.07) is 5.79. The number of hydrogen-bond donors (Lipinski definition) is 1. The van der Waals surface area contributed by atoms with Gasteiger partial charge in [0.1, 0.15) is 5.75 Å². The summed E-state index contributed by atoms with van der Waals surface area (Å²) >= 11 is 0. The number of hydrogen-bond acceptors (Lipinski definition) is 3. The van der Waals surface area contributed by atoms with E-state index in [1.807, 2.05) is 6.07 Å². The lowest BCUT2D eigenvalue weighted by Crippen LogP contribution is -2.35. The fraction of sp³-hybridized carbons (Fsp3) is 0.700. The van der Waals surface area contributed by atoms with Crippen LogP contribution in [-0.2, 0) is 22.3 Å². The molecule has 0 fully saturated rings. The molecule has 3 heteroatoms. The average molecular weight is 322 g/mol. The Bertz CT molecular complexity index is 443. The number of unbranched alkanes of at least 4 members (excludes halogenated alkanes) is 1. The molecule has 0 amide bonds. The third kappa shape index (κ3) is 6.15. The highest BCUT2D eigenvalue weighted by Gasteiger charge is 2.29. The molecule has 2 rings (SSSR count). The maximum absolute atomic E-state index is 9.97. The first-order valence-electron chi connectivity index (χ1n) is 9.01. The maximum atomic E-state index is 9.97. The molecule has 23 heavy (non-hydrogen) atoms. The van der Waals surface area contributed by atoms with Crippen LogP contribution in [0.15, 0.2) is 18.2 Å². The van der Waals surface area contributed by atoms with Gasteiger partial charge in [-0.15, -0.1) is 0 Å². The fourth-order valence-electron chi connectivity index (χ4n) is 2.80.